The molecule has 23 heavy (non-hydrogen) atoms. The molecule has 0 bridgehead atoms. The number of benzene rings is 1. The summed E-state index contributed by atoms with van der Waals surface area (Å²) < 4.78 is 5.37. The number of halogens is 1. The van der Waals surface area contributed by atoms with Crippen LogP contribution in [-0.4, -0.2) is 37.3 Å². The Balaban J connectivity index is 2.53. The molecule has 2 amide bonds. The quantitative estimate of drug-likeness (QED) is 0.673. The number of carbonyl (C=O) groups excluding carboxylic acids is 3. The van der Waals surface area contributed by atoms with Crippen LogP contribution in [0.3, 0.4) is 0 Å². The lowest BCUT2D eigenvalue weighted by Crippen LogP contribution is -2.39. The molecule has 0 saturated heterocycles. The van der Waals surface area contributed by atoms with E-state index >= 15 is 0 Å². The van der Waals surface area contributed by atoms with E-state index in [1.54, 1.807) is 19.1 Å². The first-order chi connectivity index (χ1) is 11.0. The summed E-state index contributed by atoms with van der Waals surface area (Å²) in [5.74, 6) is -0.524. The van der Waals surface area contributed by atoms with Crippen molar-refractivity contribution in [3.8, 4) is 5.75 Å². The van der Waals surface area contributed by atoms with Gasteiger partial charge in [0.05, 0.1) is 12.1 Å². The molecular weight excluding hydrogens is 320 g/mol. The molecule has 0 fully saturated rings. The molecule has 0 radical (unpaired) electrons. The van der Waals surface area contributed by atoms with Crippen molar-refractivity contribution in [2.75, 3.05) is 19.7 Å². The molecule has 1 rings (SSSR count). The standard InChI is InChI=1S/C16H21ClN2O4/c1-3-7-18-15(21)9-19-16(22)10-23-14-6-5-11(17)8-12(14)13(20)4-2/h5-6,8H,3-4,7,9-10H2,1-2H3,(H,18,21)(H,19,22). The topological polar surface area (TPSA) is 84.5 Å². The van der Waals surface area contributed by atoms with E-state index in [1.807, 2.05) is 6.92 Å². The van der Waals surface area contributed by atoms with Crippen molar-refractivity contribution in [1.29, 1.82) is 0 Å². The molecule has 126 valence electrons. The zero-order valence-corrected chi connectivity index (χ0v) is 14.0. The summed E-state index contributed by atoms with van der Waals surface area (Å²) in [4.78, 5) is 34.9. The summed E-state index contributed by atoms with van der Waals surface area (Å²) in [6.07, 6.45) is 1.13. The molecule has 0 aromatic heterocycles. The predicted molar refractivity (Wildman–Crippen MR) is 87.9 cm³/mol. The van der Waals surface area contributed by atoms with Crippen molar-refractivity contribution < 1.29 is 19.1 Å². The van der Waals surface area contributed by atoms with Gasteiger partial charge in [-0.15, -0.1) is 0 Å². The van der Waals surface area contributed by atoms with E-state index < -0.39 is 5.91 Å². The van der Waals surface area contributed by atoms with E-state index in [2.05, 4.69) is 10.6 Å². The van der Waals surface area contributed by atoms with E-state index in [9.17, 15) is 14.4 Å². The summed E-state index contributed by atoms with van der Waals surface area (Å²) >= 11 is 5.88. The number of rotatable bonds is 9. The van der Waals surface area contributed by atoms with E-state index in [0.717, 1.165) is 6.42 Å². The third-order valence-electron chi connectivity index (χ3n) is 2.94. The highest BCUT2D eigenvalue weighted by Crippen LogP contribution is 2.24. The van der Waals surface area contributed by atoms with Crippen molar-refractivity contribution in [3.05, 3.63) is 28.8 Å². The Morgan fingerprint density at radius 1 is 1.13 bits per heavy atom. The lowest BCUT2D eigenvalue weighted by molar-refractivity contribution is -0.127. The second-order valence-corrected chi connectivity index (χ2v) is 5.27. The lowest BCUT2D eigenvalue weighted by atomic mass is 10.1. The summed E-state index contributed by atoms with van der Waals surface area (Å²) in [6.45, 7) is 3.84. The van der Waals surface area contributed by atoms with Gasteiger partial charge in [-0.1, -0.05) is 25.4 Å². The van der Waals surface area contributed by atoms with Gasteiger partial charge in [0.15, 0.2) is 12.4 Å². The van der Waals surface area contributed by atoms with E-state index in [1.165, 1.54) is 6.07 Å². The monoisotopic (exact) mass is 340 g/mol. The zero-order valence-electron chi connectivity index (χ0n) is 13.3. The van der Waals surface area contributed by atoms with Crippen LogP contribution in [0.5, 0.6) is 5.75 Å². The molecule has 6 nitrogen and oxygen atoms in total. The summed E-state index contributed by atoms with van der Waals surface area (Å²) in [7, 11) is 0. The van der Waals surface area contributed by atoms with Crippen LogP contribution >= 0.6 is 11.6 Å². The van der Waals surface area contributed by atoms with Crippen LogP contribution in [0.25, 0.3) is 0 Å². The highest BCUT2D eigenvalue weighted by Gasteiger charge is 2.13. The molecule has 0 saturated carbocycles. The molecule has 0 spiro atoms. The maximum absolute atomic E-state index is 11.9. The van der Waals surface area contributed by atoms with Crippen molar-refractivity contribution in [2.24, 2.45) is 0 Å². The van der Waals surface area contributed by atoms with E-state index in [4.69, 9.17) is 16.3 Å². The minimum Gasteiger partial charge on any atom is -0.483 e. The number of hydrogen-bond acceptors (Lipinski definition) is 4. The molecule has 1 aromatic carbocycles. The van der Waals surface area contributed by atoms with Crippen LogP contribution in [0.4, 0.5) is 0 Å². The fourth-order valence-corrected chi connectivity index (χ4v) is 1.91. The first-order valence-corrected chi connectivity index (χ1v) is 7.84. The number of amides is 2. The van der Waals surface area contributed by atoms with Gasteiger partial charge in [-0.05, 0) is 24.6 Å². The van der Waals surface area contributed by atoms with E-state index in [0.29, 0.717) is 29.3 Å². The first kappa shape index (κ1) is 19.0. The maximum atomic E-state index is 11.9. The molecule has 2 N–H and O–H groups in total. The van der Waals surface area contributed by atoms with Gasteiger partial charge < -0.3 is 15.4 Å². The number of hydrogen-bond donors (Lipinski definition) is 2. The van der Waals surface area contributed by atoms with Gasteiger partial charge >= 0.3 is 0 Å². The molecule has 0 aliphatic rings. The van der Waals surface area contributed by atoms with Crippen LogP contribution in [0.15, 0.2) is 18.2 Å². The second kappa shape index (κ2) is 9.84. The smallest absolute Gasteiger partial charge is 0.258 e. The molecular formula is C16H21ClN2O4. The first-order valence-electron chi connectivity index (χ1n) is 7.46. The summed E-state index contributed by atoms with van der Waals surface area (Å²) in [6, 6.07) is 4.64. The minimum atomic E-state index is -0.443. The molecule has 0 atom stereocenters. The van der Waals surface area contributed by atoms with Crippen LogP contribution < -0.4 is 15.4 Å². The van der Waals surface area contributed by atoms with Crippen molar-refractivity contribution in [1.82, 2.24) is 10.6 Å². The number of nitrogens with one attached hydrogen (secondary N) is 2. The number of ketones is 1. The van der Waals surface area contributed by atoms with Gasteiger partial charge in [-0.25, -0.2) is 0 Å². The Bertz CT molecular complexity index is 575. The lowest BCUT2D eigenvalue weighted by Gasteiger charge is -2.11. The van der Waals surface area contributed by atoms with Crippen LogP contribution in [0.2, 0.25) is 5.02 Å². The van der Waals surface area contributed by atoms with E-state index in [-0.39, 0.29) is 24.8 Å². The van der Waals surface area contributed by atoms with Gasteiger partial charge in [-0.3, -0.25) is 14.4 Å². The summed E-state index contributed by atoms with van der Waals surface area (Å²) in [5, 5.41) is 5.52. The SMILES string of the molecule is CCCNC(=O)CNC(=O)COc1ccc(Cl)cc1C(=O)CC. The van der Waals surface area contributed by atoms with Gasteiger partial charge in [-0.2, -0.15) is 0 Å². The third-order valence-corrected chi connectivity index (χ3v) is 3.18. The number of ether oxygens (including phenoxy) is 1. The Morgan fingerprint density at radius 3 is 2.52 bits per heavy atom. The van der Waals surface area contributed by atoms with Crippen LogP contribution in [-0.2, 0) is 9.59 Å². The van der Waals surface area contributed by atoms with Crippen molar-refractivity contribution in [3.63, 3.8) is 0 Å². The predicted octanol–water partition coefficient (Wildman–Crippen LogP) is 1.95. The third kappa shape index (κ3) is 6.69. The van der Waals surface area contributed by atoms with Crippen molar-refractivity contribution >= 4 is 29.2 Å². The maximum Gasteiger partial charge on any atom is 0.258 e. The molecule has 7 heteroatoms. The Hall–Kier alpha value is -2.08. The second-order valence-electron chi connectivity index (χ2n) is 4.83. The van der Waals surface area contributed by atoms with Crippen LogP contribution in [0, 0.1) is 0 Å². The highest BCUT2D eigenvalue weighted by atomic mass is 35.5. The Labute approximate surface area is 140 Å². The molecule has 0 heterocycles. The van der Waals surface area contributed by atoms with Crippen LogP contribution in [0.1, 0.15) is 37.0 Å². The fraction of sp³-hybridized carbons (Fsp3) is 0.438. The largest absolute Gasteiger partial charge is 0.483 e. The Morgan fingerprint density at radius 2 is 1.87 bits per heavy atom. The molecule has 0 aliphatic carbocycles. The van der Waals surface area contributed by atoms with Gasteiger partial charge in [0.25, 0.3) is 5.91 Å². The normalized spacial score (nSPS) is 10.0. The average Bonchev–Trinajstić information content (AvgIpc) is 2.56. The fourth-order valence-electron chi connectivity index (χ4n) is 1.74. The van der Waals surface area contributed by atoms with Gasteiger partial charge in [0, 0.05) is 18.0 Å². The van der Waals surface area contributed by atoms with Gasteiger partial charge in [0.2, 0.25) is 5.91 Å². The molecule has 1 aromatic rings. The highest BCUT2D eigenvalue weighted by molar-refractivity contribution is 6.31. The average molecular weight is 341 g/mol. The minimum absolute atomic E-state index is 0.108. The zero-order chi connectivity index (χ0) is 17.2. The molecule has 0 unspecified atom stereocenters. The Kier molecular flexibility index (Phi) is 8.11. The summed E-state index contributed by atoms with van der Waals surface area (Å²) in [5.41, 5.74) is 0.341. The van der Waals surface area contributed by atoms with Crippen molar-refractivity contribution in [2.45, 2.75) is 26.7 Å². The number of Topliss-reactive ketones (excluding diaryl/α,β-unsaturated/α-hetero) is 1. The molecule has 0 aliphatic heterocycles. The van der Waals surface area contributed by atoms with Gasteiger partial charge in [0.1, 0.15) is 5.75 Å². The number of carbonyl (C=O) groups is 3.